The second-order valence-corrected chi connectivity index (χ2v) is 9.35. The average Bonchev–Trinajstić information content (AvgIpc) is 2.82. The van der Waals surface area contributed by atoms with Gasteiger partial charge < -0.3 is 24.0 Å². The number of allylic oxidation sites excluding steroid dienone is 2. The number of methoxy groups -OCH3 is 1. The zero-order valence-electron chi connectivity index (χ0n) is 21.9. The molecule has 2 heterocycles. The maximum absolute atomic E-state index is 13.6. The number of amides is 1. The number of ether oxygens (including phenoxy) is 3. The number of rotatable bonds is 7. The first-order chi connectivity index (χ1) is 16.2. The molecular formula is C27H39N3O4. The van der Waals surface area contributed by atoms with Gasteiger partial charge in [-0.2, -0.15) is 0 Å². The maximum atomic E-state index is 13.6. The van der Waals surface area contributed by atoms with Crippen molar-refractivity contribution in [2.45, 2.75) is 46.6 Å². The van der Waals surface area contributed by atoms with E-state index in [1.54, 1.807) is 14.2 Å². The van der Waals surface area contributed by atoms with Crippen molar-refractivity contribution in [2.24, 2.45) is 4.99 Å². The molecule has 1 aromatic carbocycles. The Kier molecular flexibility index (Phi) is 8.08. The van der Waals surface area contributed by atoms with Gasteiger partial charge in [0.25, 0.3) is 5.91 Å². The molecular weight excluding hydrogens is 430 g/mol. The van der Waals surface area contributed by atoms with Gasteiger partial charge in [-0.15, -0.1) is 0 Å². The molecule has 0 saturated carbocycles. The first kappa shape index (κ1) is 25.8. The van der Waals surface area contributed by atoms with Crippen LogP contribution in [0.4, 0.5) is 0 Å². The molecule has 7 nitrogen and oxygen atoms in total. The summed E-state index contributed by atoms with van der Waals surface area (Å²) in [5.41, 5.74) is 4.96. The van der Waals surface area contributed by atoms with Crippen LogP contribution in [0.3, 0.4) is 0 Å². The van der Waals surface area contributed by atoms with Gasteiger partial charge in [-0.3, -0.25) is 9.79 Å². The highest BCUT2D eigenvalue weighted by molar-refractivity contribution is 6.46. The van der Waals surface area contributed by atoms with Gasteiger partial charge in [0.1, 0.15) is 23.8 Å². The molecule has 2 aliphatic heterocycles. The van der Waals surface area contributed by atoms with E-state index in [9.17, 15) is 4.79 Å². The number of nitrogens with zero attached hydrogens (tertiary/aromatic N) is 3. The number of carbonyl (C=O) groups excluding carboxylic acids is 1. The van der Waals surface area contributed by atoms with E-state index in [0.717, 1.165) is 52.4 Å². The van der Waals surface area contributed by atoms with Crippen molar-refractivity contribution >= 4 is 22.9 Å². The number of hydrogen-bond acceptors (Lipinski definition) is 6. The van der Waals surface area contributed by atoms with Gasteiger partial charge in [0.05, 0.1) is 25.9 Å². The third-order valence-electron chi connectivity index (χ3n) is 6.69. The minimum Gasteiger partial charge on any atom is -0.496 e. The van der Waals surface area contributed by atoms with Gasteiger partial charge in [0, 0.05) is 55.6 Å². The Balaban J connectivity index is 2.09. The predicted molar refractivity (Wildman–Crippen MR) is 138 cm³/mol. The summed E-state index contributed by atoms with van der Waals surface area (Å²) >= 11 is 0. The number of morpholine rings is 1. The Morgan fingerprint density at radius 3 is 2.65 bits per heavy atom. The molecule has 0 radical (unpaired) electrons. The van der Waals surface area contributed by atoms with E-state index in [4.69, 9.17) is 14.2 Å². The van der Waals surface area contributed by atoms with Gasteiger partial charge in [-0.25, -0.2) is 0 Å². The van der Waals surface area contributed by atoms with Crippen molar-refractivity contribution in [3.05, 3.63) is 34.9 Å². The van der Waals surface area contributed by atoms with Gasteiger partial charge >= 0.3 is 0 Å². The van der Waals surface area contributed by atoms with Crippen LogP contribution < -0.4 is 9.47 Å². The fraction of sp³-hybridized carbons (Fsp3) is 0.556. The summed E-state index contributed by atoms with van der Waals surface area (Å²) in [5.74, 6) is 1.44. The van der Waals surface area contributed by atoms with Crippen molar-refractivity contribution in [3.63, 3.8) is 0 Å². The minimum absolute atomic E-state index is 0.0804. The first-order valence-corrected chi connectivity index (χ1v) is 12.0. The monoisotopic (exact) mass is 469 g/mol. The predicted octanol–water partition coefficient (Wildman–Crippen LogP) is 4.27. The molecule has 2 aliphatic rings. The Morgan fingerprint density at radius 1 is 1.32 bits per heavy atom. The summed E-state index contributed by atoms with van der Waals surface area (Å²) < 4.78 is 17.5. The van der Waals surface area contributed by atoms with Crippen molar-refractivity contribution in [2.75, 3.05) is 54.1 Å². The number of fused-ring (bicyclic) bond motifs is 1. The Bertz CT molecular complexity index is 1020. The van der Waals surface area contributed by atoms with E-state index in [1.807, 2.05) is 31.7 Å². The molecule has 7 heteroatoms. The van der Waals surface area contributed by atoms with Crippen LogP contribution in [0.1, 0.15) is 52.2 Å². The molecule has 0 aliphatic carbocycles. The first-order valence-electron chi connectivity index (χ1n) is 12.0. The third kappa shape index (κ3) is 4.85. The second kappa shape index (κ2) is 10.6. The molecule has 0 aromatic heterocycles. The van der Waals surface area contributed by atoms with E-state index >= 15 is 0 Å². The zero-order chi connectivity index (χ0) is 25.0. The largest absolute Gasteiger partial charge is 0.496 e. The van der Waals surface area contributed by atoms with E-state index < -0.39 is 5.54 Å². The van der Waals surface area contributed by atoms with Gasteiger partial charge in [-0.05, 0) is 45.8 Å². The third-order valence-corrected chi connectivity index (χ3v) is 6.69. The fourth-order valence-electron chi connectivity index (χ4n) is 4.57. The zero-order valence-corrected chi connectivity index (χ0v) is 21.9. The molecule has 1 saturated heterocycles. The van der Waals surface area contributed by atoms with Crippen LogP contribution in [0.25, 0.3) is 11.3 Å². The van der Waals surface area contributed by atoms with Crippen LogP contribution in [0.15, 0.2) is 28.8 Å². The summed E-state index contributed by atoms with van der Waals surface area (Å²) in [6.45, 7) is 13.1. The van der Waals surface area contributed by atoms with E-state index in [2.05, 4.69) is 42.9 Å². The number of aliphatic imine (C=N–C) groups is 1. The van der Waals surface area contributed by atoms with Crippen molar-refractivity contribution in [1.29, 1.82) is 0 Å². The van der Waals surface area contributed by atoms with Crippen LogP contribution in [0.5, 0.6) is 11.5 Å². The molecule has 0 spiro atoms. The summed E-state index contributed by atoms with van der Waals surface area (Å²) in [6, 6.07) is 4.07. The smallest absolute Gasteiger partial charge is 0.273 e. The highest BCUT2D eigenvalue weighted by Gasteiger charge is 2.38. The molecule has 0 bridgehead atoms. The van der Waals surface area contributed by atoms with E-state index in [0.29, 0.717) is 25.5 Å². The molecule has 0 atom stereocenters. The SMILES string of the molecule is CC/C=C(/c1cc2c(cc1OC)OCC(/C(=N\C)C(=O)N1CCOCC1(C)C)=C2C)N(C)CC. The van der Waals surface area contributed by atoms with E-state index in [1.165, 1.54) is 0 Å². The summed E-state index contributed by atoms with van der Waals surface area (Å²) in [6.07, 6.45) is 3.12. The average molecular weight is 470 g/mol. The summed E-state index contributed by atoms with van der Waals surface area (Å²) in [7, 11) is 5.44. The normalized spacial score (nSPS) is 18.4. The minimum atomic E-state index is -0.391. The van der Waals surface area contributed by atoms with Crippen LogP contribution in [0.2, 0.25) is 0 Å². The number of carbonyl (C=O) groups is 1. The van der Waals surface area contributed by atoms with Crippen molar-refractivity contribution < 1.29 is 19.0 Å². The number of benzene rings is 1. The highest BCUT2D eigenvalue weighted by Crippen LogP contribution is 2.41. The van der Waals surface area contributed by atoms with Crippen LogP contribution in [-0.4, -0.2) is 81.1 Å². The summed E-state index contributed by atoms with van der Waals surface area (Å²) in [4.78, 5) is 22.1. The maximum Gasteiger partial charge on any atom is 0.273 e. The van der Waals surface area contributed by atoms with Crippen LogP contribution >= 0.6 is 0 Å². The Morgan fingerprint density at radius 2 is 2.06 bits per heavy atom. The number of hydrogen-bond donors (Lipinski definition) is 0. The molecule has 0 N–H and O–H groups in total. The fourth-order valence-corrected chi connectivity index (χ4v) is 4.57. The highest BCUT2D eigenvalue weighted by atomic mass is 16.5. The van der Waals surface area contributed by atoms with Gasteiger partial charge in [-0.1, -0.05) is 13.0 Å². The van der Waals surface area contributed by atoms with Gasteiger partial charge in [0.2, 0.25) is 0 Å². The molecule has 1 aromatic rings. The molecule has 186 valence electrons. The van der Waals surface area contributed by atoms with E-state index in [-0.39, 0.29) is 12.5 Å². The molecule has 1 amide bonds. The van der Waals surface area contributed by atoms with Crippen molar-refractivity contribution in [1.82, 2.24) is 9.80 Å². The summed E-state index contributed by atoms with van der Waals surface area (Å²) in [5, 5.41) is 0. The second-order valence-electron chi connectivity index (χ2n) is 9.35. The lowest BCUT2D eigenvalue weighted by atomic mass is 9.91. The Hall–Kier alpha value is -2.80. The Labute approximate surface area is 204 Å². The molecule has 0 unspecified atom stereocenters. The standard InChI is InChI=1S/C27H39N3O4/c1-9-11-22(29(7)10-2)20-14-19-18(3)21(16-34-24(19)15-23(20)32-8)25(28-6)26(31)30-12-13-33-17-27(30,4)5/h11,14-15H,9-10,12-13,16-17H2,1-8H3/b22-11-,28-25+. The van der Waals surface area contributed by atoms with Crippen LogP contribution in [-0.2, 0) is 9.53 Å². The quantitative estimate of drug-likeness (QED) is 0.558. The lowest BCUT2D eigenvalue weighted by Crippen LogP contribution is -2.57. The van der Waals surface area contributed by atoms with Crippen molar-refractivity contribution in [3.8, 4) is 11.5 Å². The molecule has 1 fully saturated rings. The van der Waals surface area contributed by atoms with Gasteiger partial charge in [0.15, 0.2) is 0 Å². The molecule has 34 heavy (non-hydrogen) atoms. The lowest BCUT2D eigenvalue weighted by molar-refractivity contribution is -0.138. The lowest BCUT2D eigenvalue weighted by Gasteiger charge is -2.42. The molecule has 3 rings (SSSR count). The topological polar surface area (TPSA) is 63.6 Å². The van der Waals surface area contributed by atoms with Crippen LogP contribution in [0, 0.1) is 0 Å².